The lowest BCUT2D eigenvalue weighted by atomic mass is 10.1. The number of aromatic nitrogens is 2. The number of sulfone groups is 1. The van der Waals surface area contributed by atoms with E-state index in [4.69, 9.17) is 16.3 Å². The second kappa shape index (κ2) is 9.47. The molecule has 1 aromatic carbocycles. The molecule has 1 saturated heterocycles. The first-order chi connectivity index (χ1) is 16.8. The van der Waals surface area contributed by atoms with Crippen molar-refractivity contribution < 1.29 is 13.2 Å². The number of rotatable bonds is 5. The predicted molar refractivity (Wildman–Crippen MR) is 141 cm³/mol. The average Bonchev–Trinajstić information content (AvgIpc) is 3.42. The highest BCUT2D eigenvalue weighted by Gasteiger charge is 2.24. The number of ether oxygens (including phenoxy) is 1. The normalized spacial score (nSPS) is 18.8. The Morgan fingerprint density at radius 3 is 2.74 bits per heavy atom. The molecule has 3 heterocycles. The summed E-state index contributed by atoms with van der Waals surface area (Å²) in [5.41, 5.74) is 4.45. The lowest BCUT2D eigenvalue weighted by Crippen LogP contribution is -2.40. The summed E-state index contributed by atoms with van der Waals surface area (Å²) < 4.78 is 29.9. The minimum atomic E-state index is -3.03. The number of fused-ring (bicyclic) bond motifs is 1. The number of nitrogens with zero attached hydrogens (tertiary/aromatic N) is 4. The number of benzene rings is 1. The molecular formula is C25H26ClN5O3S. The highest BCUT2D eigenvalue weighted by Crippen LogP contribution is 2.38. The molecule has 1 N–H and O–H groups in total. The van der Waals surface area contributed by atoms with Gasteiger partial charge in [-0.2, -0.15) is 9.97 Å². The van der Waals surface area contributed by atoms with E-state index in [1.807, 2.05) is 42.2 Å². The van der Waals surface area contributed by atoms with Gasteiger partial charge in [-0.25, -0.2) is 8.42 Å². The molecule has 0 amide bonds. The minimum Gasteiger partial charge on any atom is -0.423 e. The molecule has 0 radical (unpaired) electrons. The molecule has 0 spiro atoms. The quantitative estimate of drug-likeness (QED) is 0.633. The van der Waals surface area contributed by atoms with Crippen LogP contribution in [0.5, 0.6) is 11.8 Å². The highest BCUT2D eigenvalue weighted by molar-refractivity contribution is 7.91. The van der Waals surface area contributed by atoms with E-state index in [9.17, 15) is 8.42 Å². The van der Waals surface area contributed by atoms with Crippen molar-refractivity contribution in [3.8, 4) is 11.8 Å². The van der Waals surface area contributed by atoms with Gasteiger partial charge >= 0.3 is 6.01 Å². The maximum absolute atomic E-state index is 11.9. The molecule has 2 aromatic rings. The number of allylic oxidation sites excluding steroid dienone is 2. The van der Waals surface area contributed by atoms with Crippen LogP contribution in [0.25, 0.3) is 6.08 Å². The maximum Gasteiger partial charge on any atom is 0.325 e. The van der Waals surface area contributed by atoms with Gasteiger partial charge in [-0.05, 0) is 43.5 Å². The van der Waals surface area contributed by atoms with Crippen LogP contribution in [-0.4, -0.2) is 55.4 Å². The summed E-state index contributed by atoms with van der Waals surface area (Å²) in [6.45, 7) is 5.34. The van der Waals surface area contributed by atoms with Gasteiger partial charge in [0.05, 0.1) is 23.1 Å². The number of hydrogen-bond acceptors (Lipinski definition) is 8. The molecule has 35 heavy (non-hydrogen) atoms. The molecule has 2 aliphatic heterocycles. The number of anilines is 2. The first-order valence-corrected chi connectivity index (χ1v) is 13.7. The number of aliphatic imine (C=N–C) groups is 1. The average molecular weight is 512 g/mol. The van der Waals surface area contributed by atoms with Gasteiger partial charge in [-0.1, -0.05) is 41.5 Å². The zero-order valence-corrected chi connectivity index (χ0v) is 21.2. The SMILES string of the molecule is C/C=C/C1=CC(Nc2cc(N3CCS(=O)(=O)CC3)nc(Oc3ccc4c(c3Cl)C=C(C)C4)n2)=NC1. The molecule has 8 nitrogen and oxygen atoms in total. The fraction of sp³-hybridized carbons (Fsp3) is 0.320. The van der Waals surface area contributed by atoms with Crippen molar-refractivity contribution >= 4 is 45.0 Å². The third-order valence-electron chi connectivity index (χ3n) is 6.05. The lowest BCUT2D eigenvalue weighted by Gasteiger charge is -2.28. The first kappa shape index (κ1) is 23.6. The van der Waals surface area contributed by atoms with Crippen LogP contribution in [-0.2, 0) is 16.3 Å². The van der Waals surface area contributed by atoms with Crippen LogP contribution in [0.15, 0.2) is 52.6 Å². The first-order valence-electron chi connectivity index (χ1n) is 11.5. The van der Waals surface area contributed by atoms with Crippen LogP contribution in [0, 0.1) is 0 Å². The maximum atomic E-state index is 11.9. The van der Waals surface area contributed by atoms with Crippen LogP contribution in [0.1, 0.15) is 25.0 Å². The Bertz CT molecular complexity index is 1400. The van der Waals surface area contributed by atoms with Crippen molar-refractivity contribution in [2.24, 2.45) is 4.99 Å². The van der Waals surface area contributed by atoms with Gasteiger partial charge in [0.1, 0.15) is 23.2 Å². The van der Waals surface area contributed by atoms with Gasteiger partial charge in [0.15, 0.2) is 9.84 Å². The highest BCUT2D eigenvalue weighted by atomic mass is 35.5. The molecular weight excluding hydrogens is 486 g/mol. The largest absolute Gasteiger partial charge is 0.423 e. The van der Waals surface area contributed by atoms with Gasteiger partial charge in [-0.3, -0.25) is 4.99 Å². The second-order valence-corrected chi connectivity index (χ2v) is 11.5. The number of halogens is 1. The van der Waals surface area contributed by atoms with E-state index >= 15 is 0 Å². The smallest absolute Gasteiger partial charge is 0.325 e. The zero-order valence-electron chi connectivity index (χ0n) is 19.6. The summed E-state index contributed by atoms with van der Waals surface area (Å²) in [4.78, 5) is 15.6. The minimum absolute atomic E-state index is 0.0838. The molecule has 0 atom stereocenters. The van der Waals surface area contributed by atoms with E-state index in [0.717, 1.165) is 23.1 Å². The summed E-state index contributed by atoms with van der Waals surface area (Å²) >= 11 is 6.66. The Hall–Kier alpha value is -3.17. The third kappa shape index (κ3) is 5.26. The van der Waals surface area contributed by atoms with Gasteiger partial charge in [0.25, 0.3) is 0 Å². The Labute approximate surface area is 210 Å². The van der Waals surface area contributed by atoms with E-state index in [0.29, 0.717) is 47.9 Å². The zero-order chi connectivity index (χ0) is 24.6. The predicted octanol–water partition coefficient (Wildman–Crippen LogP) is 4.44. The Balaban J connectivity index is 1.46. The topological polar surface area (TPSA) is 96.8 Å². The molecule has 1 aromatic heterocycles. The summed E-state index contributed by atoms with van der Waals surface area (Å²) in [5.74, 6) is 2.40. The van der Waals surface area contributed by atoms with E-state index in [1.54, 1.807) is 6.07 Å². The van der Waals surface area contributed by atoms with Crippen molar-refractivity contribution in [2.75, 3.05) is 41.4 Å². The summed E-state index contributed by atoms with van der Waals surface area (Å²) in [5, 5.41) is 3.75. The van der Waals surface area contributed by atoms with Crippen LogP contribution in [0.4, 0.5) is 11.6 Å². The third-order valence-corrected chi connectivity index (χ3v) is 8.05. The number of amidine groups is 1. The van der Waals surface area contributed by atoms with E-state index in [2.05, 4.69) is 33.3 Å². The van der Waals surface area contributed by atoms with Crippen LogP contribution < -0.4 is 15.0 Å². The van der Waals surface area contributed by atoms with Gasteiger partial charge in [0.2, 0.25) is 0 Å². The molecule has 3 aliphatic rings. The monoisotopic (exact) mass is 511 g/mol. The van der Waals surface area contributed by atoms with E-state index in [-0.39, 0.29) is 17.5 Å². The molecule has 1 aliphatic carbocycles. The summed E-state index contributed by atoms with van der Waals surface area (Å²) in [6, 6.07) is 5.74. The number of hydrogen-bond donors (Lipinski definition) is 1. The van der Waals surface area contributed by atoms with E-state index in [1.165, 1.54) is 5.57 Å². The fourth-order valence-corrected chi connectivity index (χ4v) is 5.77. The van der Waals surface area contributed by atoms with Crippen LogP contribution >= 0.6 is 11.6 Å². The van der Waals surface area contributed by atoms with Crippen LogP contribution in [0.3, 0.4) is 0 Å². The van der Waals surface area contributed by atoms with Crippen molar-refractivity contribution in [3.05, 3.63) is 63.7 Å². The summed E-state index contributed by atoms with van der Waals surface area (Å²) in [6.07, 6.45) is 8.88. The van der Waals surface area contributed by atoms with Gasteiger partial charge in [0, 0.05) is 24.7 Å². The molecule has 10 heteroatoms. The molecule has 1 fully saturated rings. The van der Waals surface area contributed by atoms with Crippen molar-refractivity contribution in [3.63, 3.8) is 0 Å². The molecule has 0 saturated carbocycles. The van der Waals surface area contributed by atoms with Crippen LogP contribution in [0.2, 0.25) is 5.02 Å². The fourth-order valence-electron chi connectivity index (χ4n) is 4.29. The standard InChI is InChI=1S/C25H26ClN5O3S/c1-3-4-17-13-21(27-15-17)28-22-14-23(31-7-9-35(32,33)10-8-31)30-25(29-22)34-20-6-5-18-11-16(2)12-19(18)24(20)26/h3-6,12-14H,7-11,15H2,1-2H3,(H,27,28,29,30)/b4-3+. The van der Waals surface area contributed by atoms with Gasteiger partial charge in [-0.15, -0.1) is 0 Å². The summed E-state index contributed by atoms with van der Waals surface area (Å²) in [7, 11) is -3.03. The molecule has 182 valence electrons. The molecule has 0 unspecified atom stereocenters. The Kier molecular flexibility index (Phi) is 6.37. The lowest BCUT2D eigenvalue weighted by molar-refractivity contribution is 0.442. The Morgan fingerprint density at radius 1 is 1.17 bits per heavy atom. The van der Waals surface area contributed by atoms with Crippen molar-refractivity contribution in [1.82, 2.24) is 9.97 Å². The number of nitrogens with one attached hydrogen (secondary N) is 1. The second-order valence-electron chi connectivity index (χ2n) is 8.80. The van der Waals surface area contributed by atoms with Gasteiger partial charge < -0.3 is 15.0 Å². The molecule has 5 rings (SSSR count). The van der Waals surface area contributed by atoms with E-state index < -0.39 is 9.84 Å². The Morgan fingerprint density at radius 2 is 1.97 bits per heavy atom. The molecule has 0 bridgehead atoms. The van der Waals surface area contributed by atoms with Crippen molar-refractivity contribution in [1.29, 1.82) is 0 Å². The van der Waals surface area contributed by atoms with Crippen molar-refractivity contribution in [2.45, 2.75) is 20.3 Å².